The van der Waals surface area contributed by atoms with Gasteiger partial charge in [0.25, 0.3) is 11.8 Å². The van der Waals surface area contributed by atoms with Crippen LogP contribution in [0.3, 0.4) is 0 Å². The lowest BCUT2D eigenvalue weighted by Gasteiger charge is -2.14. The zero-order valence-electron chi connectivity index (χ0n) is 23.2. The van der Waals surface area contributed by atoms with E-state index in [0.717, 1.165) is 4.90 Å². The second-order valence-electron chi connectivity index (χ2n) is 8.93. The van der Waals surface area contributed by atoms with E-state index < -0.39 is 11.8 Å². The minimum Gasteiger partial charge on any atom is -0.497 e. The number of amides is 3. The first-order valence-electron chi connectivity index (χ1n) is 12.8. The fourth-order valence-electron chi connectivity index (χ4n) is 3.84. The summed E-state index contributed by atoms with van der Waals surface area (Å²) in [4.78, 5) is 39.8. The predicted molar refractivity (Wildman–Crippen MR) is 172 cm³/mol. The third-order valence-electron chi connectivity index (χ3n) is 5.93. The molecule has 43 heavy (non-hydrogen) atoms. The van der Waals surface area contributed by atoms with Crippen molar-refractivity contribution < 1.29 is 23.9 Å². The number of nitrogens with one attached hydrogen (secondary N) is 3. The van der Waals surface area contributed by atoms with Crippen molar-refractivity contribution in [3.05, 3.63) is 118 Å². The zero-order valence-corrected chi connectivity index (χ0v) is 25.5. The second kappa shape index (κ2) is 15.2. The van der Waals surface area contributed by atoms with Crippen LogP contribution in [0.5, 0.6) is 11.5 Å². The Morgan fingerprint density at radius 3 is 2.37 bits per heavy atom. The number of methoxy groups -OCH3 is 2. The van der Waals surface area contributed by atoms with Crippen molar-refractivity contribution in [2.45, 2.75) is 4.90 Å². The minimum atomic E-state index is -0.565. The van der Waals surface area contributed by atoms with E-state index in [-0.39, 0.29) is 17.4 Å². The van der Waals surface area contributed by atoms with Crippen LogP contribution in [-0.4, -0.2) is 37.7 Å². The lowest BCUT2D eigenvalue weighted by Crippen LogP contribution is -2.30. The zero-order chi connectivity index (χ0) is 30.8. The van der Waals surface area contributed by atoms with Crippen molar-refractivity contribution in [1.82, 2.24) is 5.32 Å². The van der Waals surface area contributed by atoms with E-state index in [1.165, 1.54) is 32.1 Å². The number of hydrogen-bond donors (Lipinski definition) is 3. The van der Waals surface area contributed by atoms with Crippen LogP contribution in [-0.2, 0) is 9.59 Å². The summed E-state index contributed by atoms with van der Waals surface area (Å²) in [5.41, 5.74) is 1.78. The van der Waals surface area contributed by atoms with E-state index in [2.05, 4.69) is 16.0 Å². The van der Waals surface area contributed by atoms with Gasteiger partial charge in [0.05, 0.1) is 30.7 Å². The number of carbonyl (C=O) groups excluding carboxylic acids is 3. The molecule has 0 aromatic heterocycles. The lowest BCUT2D eigenvalue weighted by molar-refractivity contribution is -0.114. The van der Waals surface area contributed by atoms with Crippen molar-refractivity contribution >= 4 is 70.1 Å². The molecule has 11 heteroatoms. The molecule has 220 valence electrons. The molecule has 0 saturated heterocycles. The number of anilines is 2. The van der Waals surface area contributed by atoms with Crippen LogP contribution < -0.4 is 25.4 Å². The Morgan fingerprint density at radius 2 is 1.63 bits per heavy atom. The van der Waals surface area contributed by atoms with E-state index in [1.807, 2.05) is 6.07 Å². The predicted octanol–water partition coefficient (Wildman–Crippen LogP) is 7.15. The average Bonchev–Trinajstić information content (AvgIpc) is 3.02. The van der Waals surface area contributed by atoms with Gasteiger partial charge in [-0.15, -0.1) is 11.8 Å². The van der Waals surface area contributed by atoms with Gasteiger partial charge in [0.2, 0.25) is 5.91 Å². The molecular weight excluding hydrogens is 609 g/mol. The first kappa shape index (κ1) is 31.5. The van der Waals surface area contributed by atoms with Crippen molar-refractivity contribution in [2.24, 2.45) is 0 Å². The van der Waals surface area contributed by atoms with Crippen LogP contribution in [0.25, 0.3) is 6.08 Å². The Hall–Kier alpha value is -4.44. The van der Waals surface area contributed by atoms with Gasteiger partial charge >= 0.3 is 0 Å². The molecule has 0 aliphatic carbocycles. The van der Waals surface area contributed by atoms with Crippen molar-refractivity contribution in [3.63, 3.8) is 0 Å². The van der Waals surface area contributed by atoms with Gasteiger partial charge in [-0.3, -0.25) is 14.4 Å². The standard InChI is InChI=1S/C32H27Cl2N3O5S/c1-41-24-12-14-29(42-2)21(15-24)16-28(37-31(39)20-7-4-3-5-8-20)32(40)35-23-9-6-10-25(18-23)43-19-30(38)36-27-17-22(33)11-13-26(27)34/h3-18H,19H2,1-2H3,(H,35,40)(H,36,38)(H,37,39)/b28-16+. The molecule has 0 aliphatic heterocycles. The summed E-state index contributed by atoms with van der Waals surface area (Å²) in [5, 5.41) is 9.11. The molecule has 0 radical (unpaired) electrons. The fourth-order valence-corrected chi connectivity index (χ4v) is 4.93. The van der Waals surface area contributed by atoms with Gasteiger partial charge in [0, 0.05) is 26.7 Å². The van der Waals surface area contributed by atoms with E-state index >= 15 is 0 Å². The van der Waals surface area contributed by atoms with Crippen LogP contribution >= 0.6 is 35.0 Å². The molecule has 0 unspecified atom stereocenters. The minimum absolute atomic E-state index is 0.0174. The molecule has 0 spiro atoms. The number of halogens is 2. The third kappa shape index (κ3) is 9.02. The van der Waals surface area contributed by atoms with Crippen molar-refractivity contribution in [2.75, 3.05) is 30.6 Å². The smallest absolute Gasteiger partial charge is 0.272 e. The van der Waals surface area contributed by atoms with Gasteiger partial charge in [0.1, 0.15) is 17.2 Å². The van der Waals surface area contributed by atoms with Gasteiger partial charge < -0.3 is 25.4 Å². The van der Waals surface area contributed by atoms with Crippen molar-refractivity contribution in [1.29, 1.82) is 0 Å². The van der Waals surface area contributed by atoms with Crippen LogP contribution in [0.4, 0.5) is 11.4 Å². The number of rotatable bonds is 11. The maximum Gasteiger partial charge on any atom is 0.272 e. The Labute approximate surface area is 263 Å². The molecule has 3 amide bonds. The van der Waals surface area contributed by atoms with Gasteiger partial charge in [-0.05, 0) is 72.8 Å². The summed E-state index contributed by atoms with van der Waals surface area (Å²) < 4.78 is 10.8. The first-order valence-corrected chi connectivity index (χ1v) is 14.6. The second-order valence-corrected chi connectivity index (χ2v) is 10.8. The van der Waals surface area contributed by atoms with Crippen LogP contribution in [0.2, 0.25) is 10.0 Å². The molecule has 3 N–H and O–H groups in total. The number of carbonyl (C=O) groups is 3. The van der Waals surface area contributed by atoms with Gasteiger partial charge in [-0.25, -0.2) is 0 Å². The van der Waals surface area contributed by atoms with Crippen LogP contribution in [0.15, 0.2) is 102 Å². The number of thioether (sulfide) groups is 1. The SMILES string of the molecule is COc1ccc(OC)c(/C=C(/NC(=O)c2ccccc2)C(=O)Nc2cccc(SCC(=O)Nc3cc(Cl)ccc3Cl)c2)c1. The summed E-state index contributed by atoms with van der Waals surface area (Å²) >= 11 is 13.4. The molecule has 4 aromatic carbocycles. The van der Waals surface area contributed by atoms with E-state index in [4.69, 9.17) is 32.7 Å². The third-order valence-corrected chi connectivity index (χ3v) is 7.49. The van der Waals surface area contributed by atoms with Gasteiger partial charge in [-0.1, -0.05) is 47.5 Å². The normalized spacial score (nSPS) is 10.9. The Balaban J connectivity index is 1.51. The quantitative estimate of drug-likeness (QED) is 0.119. The molecule has 8 nitrogen and oxygen atoms in total. The monoisotopic (exact) mass is 635 g/mol. The Kier molecular flexibility index (Phi) is 11.1. The van der Waals surface area contributed by atoms with Crippen LogP contribution in [0, 0.1) is 0 Å². The van der Waals surface area contributed by atoms with Gasteiger partial charge in [0.15, 0.2) is 0 Å². The maximum atomic E-state index is 13.5. The summed E-state index contributed by atoms with van der Waals surface area (Å²) in [7, 11) is 3.04. The molecule has 0 atom stereocenters. The average molecular weight is 637 g/mol. The molecule has 4 aromatic rings. The van der Waals surface area contributed by atoms with Crippen molar-refractivity contribution in [3.8, 4) is 11.5 Å². The van der Waals surface area contributed by atoms with E-state index in [9.17, 15) is 14.4 Å². The summed E-state index contributed by atoms with van der Waals surface area (Å²) in [6.07, 6.45) is 1.52. The van der Waals surface area contributed by atoms with Gasteiger partial charge in [-0.2, -0.15) is 0 Å². The summed E-state index contributed by atoms with van der Waals surface area (Å²) in [6, 6.07) is 25.5. The molecular formula is C32H27Cl2N3O5S. The molecule has 0 fully saturated rings. The molecule has 0 aliphatic rings. The number of ether oxygens (including phenoxy) is 2. The van der Waals surface area contributed by atoms with Crippen LogP contribution in [0.1, 0.15) is 15.9 Å². The highest BCUT2D eigenvalue weighted by Crippen LogP contribution is 2.28. The highest BCUT2D eigenvalue weighted by Gasteiger charge is 2.17. The molecule has 0 heterocycles. The topological polar surface area (TPSA) is 106 Å². The van der Waals surface area contributed by atoms with E-state index in [0.29, 0.717) is 44.0 Å². The number of hydrogen-bond acceptors (Lipinski definition) is 6. The first-order chi connectivity index (χ1) is 20.7. The summed E-state index contributed by atoms with van der Waals surface area (Å²) in [5.74, 6) is -0.176. The lowest BCUT2D eigenvalue weighted by atomic mass is 10.1. The molecule has 0 saturated carbocycles. The fraction of sp³-hybridized carbons (Fsp3) is 0.0938. The number of benzene rings is 4. The molecule has 4 rings (SSSR count). The Morgan fingerprint density at radius 1 is 0.837 bits per heavy atom. The highest BCUT2D eigenvalue weighted by molar-refractivity contribution is 8.00. The largest absolute Gasteiger partial charge is 0.497 e. The molecule has 0 bridgehead atoms. The maximum absolute atomic E-state index is 13.5. The Bertz CT molecular complexity index is 1660. The summed E-state index contributed by atoms with van der Waals surface area (Å²) in [6.45, 7) is 0. The van der Waals surface area contributed by atoms with E-state index in [1.54, 1.807) is 84.9 Å². The highest BCUT2D eigenvalue weighted by atomic mass is 35.5.